The first-order valence-electron chi connectivity index (χ1n) is 8.88. The van der Waals surface area contributed by atoms with E-state index >= 15 is 0 Å². The summed E-state index contributed by atoms with van der Waals surface area (Å²) in [6.45, 7) is 2.19. The highest BCUT2D eigenvalue weighted by molar-refractivity contribution is 6.35. The van der Waals surface area contributed by atoms with E-state index in [-0.39, 0.29) is 0 Å². The largest absolute Gasteiger partial charge is 0.248 e. The third-order valence-electron chi connectivity index (χ3n) is 5.15. The zero-order valence-corrected chi connectivity index (χ0v) is 14.8. The van der Waals surface area contributed by atoms with Gasteiger partial charge in [0.05, 0.1) is 11.2 Å². The lowest BCUT2D eigenvalue weighted by Gasteiger charge is -2.23. The van der Waals surface area contributed by atoms with Crippen LogP contribution < -0.4 is 0 Å². The van der Waals surface area contributed by atoms with Crippen molar-refractivity contribution < 1.29 is 0 Å². The molecule has 0 saturated heterocycles. The minimum atomic E-state index is 0.715. The Hall–Kier alpha value is -1.86. The van der Waals surface area contributed by atoms with Crippen molar-refractivity contribution in [3.63, 3.8) is 0 Å². The van der Waals surface area contributed by atoms with E-state index in [2.05, 4.69) is 37.3 Å². The molecule has 1 saturated carbocycles. The van der Waals surface area contributed by atoms with Crippen LogP contribution in [0.4, 0.5) is 0 Å². The molecule has 1 aliphatic rings. The summed E-state index contributed by atoms with van der Waals surface area (Å²) >= 11 is 6.27. The standard InChI is InChI=1S/C22H22ClN/c1-15-12-17(16-6-3-2-4-7-16)14-18(13-15)21-11-10-19-20(23)8-5-9-22(19)24-21/h5,8-14,16H,2-4,6-7H2,1H3. The molecular formula is C22H22ClN. The molecule has 1 aromatic heterocycles. The van der Waals surface area contributed by atoms with Gasteiger partial charge < -0.3 is 0 Å². The van der Waals surface area contributed by atoms with E-state index in [0.717, 1.165) is 21.6 Å². The number of rotatable bonds is 2. The second kappa shape index (κ2) is 6.57. The summed E-state index contributed by atoms with van der Waals surface area (Å²) in [7, 11) is 0. The molecule has 4 rings (SSSR count). The lowest BCUT2D eigenvalue weighted by molar-refractivity contribution is 0.443. The summed E-state index contributed by atoms with van der Waals surface area (Å²) in [5.41, 5.74) is 6.02. The first kappa shape index (κ1) is 15.7. The van der Waals surface area contributed by atoms with Gasteiger partial charge in [0.1, 0.15) is 0 Å². The normalized spacial score (nSPS) is 15.8. The Morgan fingerprint density at radius 1 is 0.958 bits per heavy atom. The maximum Gasteiger partial charge on any atom is 0.0724 e. The Labute approximate surface area is 148 Å². The van der Waals surface area contributed by atoms with Crippen LogP contribution in [-0.2, 0) is 0 Å². The molecule has 0 amide bonds. The van der Waals surface area contributed by atoms with Gasteiger partial charge in [-0.2, -0.15) is 0 Å². The van der Waals surface area contributed by atoms with Gasteiger partial charge in [-0.15, -0.1) is 0 Å². The Morgan fingerprint density at radius 2 is 1.79 bits per heavy atom. The fraction of sp³-hybridized carbons (Fsp3) is 0.318. The van der Waals surface area contributed by atoms with Crippen LogP contribution in [-0.4, -0.2) is 4.98 Å². The van der Waals surface area contributed by atoms with Crippen LogP contribution in [0.25, 0.3) is 22.2 Å². The molecule has 2 heteroatoms. The van der Waals surface area contributed by atoms with Gasteiger partial charge in [0.2, 0.25) is 0 Å². The van der Waals surface area contributed by atoms with Crippen molar-refractivity contribution in [1.82, 2.24) is 4.98 Å². The molecule has 24 heavy (non-hydrogen) atoms. The van der Waals surface area contributed by atoms with Crippen LogP contribution in [0.2, 0.25) is 5.02 Å². The van der Waals surface area contributed by atoms with Crippen LogP contribution in [0.1, 0.15) is 49.1 Å². The van der Waals surface area contributed by atoms with Crippen LogP contribution >= 0.6 is 11.6 Å². The van der Waals surface area contributed by atoms with E-state index in [1.807, 2.05) is 18.2 Å². The number of aryl methyl sites for hydroxylation is 1. The first-order chi connectivity index (χ1) is 11.7. The van der Waals surface area contributed by atoms with Crippen LogP contribution in [0.15, 0.2) is 48.5 Å². The lowest BCUT2D eigenvalue weighted by Crippen LogP contribution is -2.05. The summed E-state index contributed by atoms with van der Waals surface area (Å²) in [5, 5.41) is 1.78. The number of hydrogen-bond donors (Lipinski definition) is 0. The van der Waals surface area contributed by atoms with Gasteiger partial charge in [-0.3, -0.25) is 0 Å². The Bertz CT molecular complexity index is 878. The monoisotopic (exact) mass is 335 g/mol. The highest BCUT2D eigenvalue weighted by Gasteiger charge is 2.17. The fourth-order valence-corrected chi connectivity index (χ4v) is 4.14. The molecule has 1 nitrogen and oxygen atoms in total. The highest BCUT2D eigenvalue weighted by atomic mass is 35.5. The SMILES string of the molecule is Cc1cc(-c2ccc3c(Cl)cccc3n2)cc(C2CCCCC2)c1. The number of hydrogen-bond acceptors (Lipinski definition) is 1. The van der Waals surface area contributed by atoms with Crippen molar-refractivity contribution in [2.45, 2.75) is 44.9 Å². The smallest absolute Gasteiger partial charge is 0.0724 e. The number of halogens is 1. The molecule has 0 N–H and O–H groups in total. The molecule has 0 bridgehead atoms. The van der Waals surface area contributed by atoms with Crippen molar-refractivity contribution in [3.05, 3.63) is 64.7 Å². The number of pyridine rings is 1. The summed E-state index contributed by atoms with van der Waals surface area (Å²) in [4.78, 5) is 4.85. The molecule has 0 atom stereocenters. The molecule has 0 radical (unpaired) electrons. The van der Waals surface area contributed by atoms with Gasteiger partial charge in [-0.1, -0.05) is 48.6 Å². The number of benzene rings is 2. The second-order valence-electron chi connectivity index (χ2n) is 6.97. The van der Waals surface area contributed by atoms with Crippen molar-refractivity contribution in [2.24, 2.45) is 0 Å². The lowest BCUT2D eigenvalue weighted by atomic mass is 9.83. The first-order valence-corrected chi connectivity index (χ1v) is 9.26. The van der Waals surface area contributed by atoms with Gasteiger partial charge in [0.25, 0.3) is 0 Å². The average molecular weight is 336 g/mol. The van der Waals surface area contributed by atoms with E-state index in [0.29, 0.717) is 5.92 Å². The summed E-state index contributed by atoms with van der Waals surface area (Å²) in [6.07, 6.45) is 6.76. The summed E-state index contributed by atoms with van der Waals surface area (Å²) in [6, 6.07) is 17.0. The van der Waals surface area contributed by atoms with Crippen molar-refractivity contribution in [1.29, 1.82) is 0 Å². The molecule has 1 heterocycles. The maximum atomic E-state index is 6.27. The predicted molar refractivity (Wildman–Crippen MR) is 103 cm³/mol. The Balaban J connectivity index is 1.77. The minimum Gasteiger partial charge on any atom is -0.248 e. The number of aromatic nitrogens is 1. The van der Waals surface area contributed by atoms with Crippen molar-refractivity contribution >= 4 is 22.5 Å². The van der Waals surface area contributed by atoms with Gasteiger partial charge in [-0.05, 0) is 67.6 Å². The predicted octanol–water partition coefficient (Wildman–Crippen LogP) is 6.91. The van der Waals surface area contributed by atoms with Crippen molar-refractivity contribution in [2.75, 3.05) is 0 Å². The molecule has 0 aliphatic heterocycles. The van der Waals surface area contributed by atoms with Gasteiger partial charge in [0.15, 0.2) is 0 Å². The molecule has 122 valence electrons. The second-order valence-corrected chi connectivity index (χ2v) is 7.38. The van der Waals surface area contributed by atoms with E-state index in [1.54, 1.807) is 0 Å². The van der Waals surface area contributed by atoms with E-state index < -0.39 is 0 Å². The van der Waals surface area contributed by atoms with E-state index in [4.69, 9.17) is 16.6 Å². The summed E-state index contributed by atoms with van der Waals surface area (Å²) in [5.74, 6) is 0.715. The minimum absolute atomic E-state index is 0.715. The maximum absolute atomic E-state index is 6.27. The van der Waals surface area contributed by atoms with Crippen LogP contribution in [0.5, 0.6) is 0 Å². The zero-order valence-electron chi connectivity index (χ0n) is 14.1. The molecule has 1 aliphatic carbocycles. The zero-order chi connectivity index (χ0) is 16.5. The van der Waals surface area contributed by atoms with Crippen LogP contribution in [0.3, 0.4) is 0 Å². The fourth-order valence-electron chi connectivity index (χ4n) is 3.91. The molecule has 1 fully saturated rings. The Morgan fingerprint density at radius 3 is 2.62 bits per heavy atom. The van der Waals surface area contributed by atoms with E-state index in [1.165, 1.54) is 48.8 Å². The van der Waals surface area contributed by atoms with Gasteiger partial charge in [0, 0.05) is 16.0 Å². The molecule has 0 spiro atoms. The topological polar surface area (TPSA) is 12.9 Å². The third kappa shape index (κ3) is 3.06. The number of nitrogens with zero attached hydrogens (tertiary/aromatic N) is 1. The summed E-state index contributed by atoms with van der Waals surface area (Å²) < 4.78 is 0. The Kier molecular flexibility index (Phi) is 4.28. The van der Waals surface area contributed by atoms with E-state index in [9.17, 15) is 0 Å². The highest BCUT2D eigenvalue weighted by Crippen LogP contribution is 2.35. The van der Waals surface area contributed by atoms with Crippen molar-refractivity contribution in [3.8, 4) is 11.3 Å². The van der Waals surface area contributed by atoms with Gasteiger partial charge >= 0.3 is 0 Å². The van der Waals surface area contributed by atoms with Gasteiger partial charge in [-0.25, -0.2) is 4.98 Å². The quantitative estimate of drug-likeness (QED) is 0.495. The number of fused-ring (bicyclic) bond motifs is 1. The average Bonchev–Trinajstić information content (AvgIpc) is 2.62. The molecular weight excluding hydrogens is 314 g/mol. The molecule has 3 aromatic rings. The third-order valence-corrected chi connectivity index (χ3v) is 5.48. The molecule has 2 aromatic carbocycles. The molecule has 0 unspecified atom stereocenters. The van der Waals surface area contributed by atoms with Crippen LogP contribution in [0, 0.1) is 6.92 Å².